The number of hydrogen-bond donors (Lipinski definition) is 5. The van der Waals surface area contributed by atoms with Gasteiger partial charge in [-0.25, -0.2) is 8.78 Å². The van der Waals surface area contributed by atoms with E-state index in [1.54, 1.807) is 12.1 Å². The number of phenolic OH excluding ortho intramolecular Hbond substituents is 1. The number of phenols is 1. The van der Waals surface area contributed by atoms with Gasteiger partial charge >= 0.3 is 0 Å². The van der Waals surface area contributed by atoms with Crippen molar-refractivity contribution in [1.29, 1.82) is 0 Å². The fourth-order valence-electron chi connectivity index (χ4n) is 5.46. The molecule has 3 heterocycles. The lowest BCUT2D eigenvalue weighted by Crippen LogP contribution is -2.53. The van der Waals surface area contributed by atoms with Gasteiger partial charge < -0.3 is 30.8 Å². The van der Waals surface area contributed by atoms with Gasteiger partial charge in [0.25, 0.3) is 5.91 Å². The Kier molecular flexibility index (Phi) is 7.85. The van der Waals surface area contributed by atoms with Crippen LogP contribution >= 0.6 is 0 Å². The zero-order valence-electron chi connectivity index (χ0n) is 22.7. The topological polar surface area (TPSA) is 150 Å². The van der Waals surface area contributed by atoms with Crippen molar-refractivity contribution in [3.05, 3.63) is 59.0 Å². The molecule has 2 unspecified atom stereocenters. The first-order chi connectivity index (χ1) is 19.9. The van der Waals surface area contributed by atoms with Gasteiger partial charge in [-0.05, 0) is 43.4 Å². The molecule has 2 aliphatic heterocycles. The van der Waals surface area contributed by atoms with Crippen LogP contribution in [0, 0.1) is 29.3 Å². The number of H-pyrrole nitrogens is 1. The maximum Gasteiger partial charge on any atom is 0.268 e. The maximum atomic E-state index is 14.7. The van der Waals surface area contributed by atoms with Crippen LogP contribution in [0.25, 0.3) is 10.9 Å². The van der Waals surface area contributed by atoms with E-state index in [9.17, 15) is 37.5 Å². The average Bonchev–Trinajstić information content (AvgIpc) is 3.52. The number of halogens is 3. The third-order valence-electron chi connectivity index (χ3n) is 7.52. The van der Waals surface area contributed by atoms with Crippen LogP contribution in [0.3, 0.4) is 0 Å². The Morgan fingerprint density at radius 1 is 1.12 bits per heavy atom. The molecule has 4 atom stereocenters. The number of aromatic amines is 1. The highest BCUT2D eigenvalue weighted by atomic mass is 19.2. The molecule has 2 aliphatic rings. The largest absolute Gasteiger partial charge is 0.507 e. The van der Waals surface area contributed by atoms with Crippen LogP contribution in [0.4, 0.5) is 13.2 Å². The number of ketones is 1. The maximum absolute atomic E-state index is 14.7. The summed E-state index contributed by atoms with van der Waals surface area (Å²) in [5.41, 5.74) is 0.234. The number of hydrogen-bond acceptors (Lipinski definition) is 6. The highest BCUT2D eigenvalue weighted by molar-refractivity contribution is 6.02. The predicted molar refractivity (Wildman–Crippen MR) is 143 cm³/mol. The van der Waals surface area contributed by atoms with Gasteiger partial charge in [-0.1, -0.05) is 19.9 Å². The van der Waals surface area contributed by atoms with E-state index in [0.717, 1.165) is 0 Å². The second-order valence-electron chi connectivity index (χ2n) is 11.0. The number of carbonyl (C=O) groups excluding carboxylic acids is 4. The Bertz CT molecular complexity index is 1590. The minimum absolute atomic E-state index is 0.0258. The molecular weight excluding hydrogens is 557 g/mol. The molecule has 222 valence electrons. The van der Waals surface area contributed by atoms with Crippen molar-refractivity contribution in [1.82, 2.24) is 20.9 Å². The molecular formula is C29H29F3N4O6. The molecule has 13 heteroatoms. The van der Waals surface area contributed by atoms with Gasteiger partial charge in [-0.2, -0.15) is 4.39 Å². The van der Waals surface area contributed by atoms with Crippen molar-refractivity contribution in [2.45, 2.75) is 51.2 Å². The van der Waals surface area contributed by atoms with Crippen molar-refractivity contribution in [2.75, 3.05) is 6.61 Å². The van der Waals surface area contributed by atoms with E-state index in [1.165, 1.54) is 12.1 Å². The van der Waals surface area contributed by atoms with Gasteiger partial charge in [0, 0.05) is 22.9 Å². The molecule has 10 nitrogen and oxygen atoms in total. The van der Waals surface area contributed by atoms with Gasteiger partial charge in [0.1, 0.15) is 29.9 Å². The number of benzene rings is 2. The molecule has 0 aliphatic carbocycles. The molecule has 1 aromatic heterocycles. The van der Waals surface area contributed by atoms with Crippen LogP contribution in [0.2, 0.25) is 0 Å². The minimum Gasteiger partial charge on any atom is -0.507 e. The number of nitrogens with one attached hydrogen (secondary N) is 4. The lowest BCUT2D eigenvalue weighted by molar-refractivity contribution is -0.131. The lowest BCUT2D eigenvalue weighted by atomic mass is 9.91. The molecule has 0 radical (unpaired) electrons. The highest BCUT2D eigenvalue weighted by Crippen LogP contribution is 2.40. The SMILES string of the molecule is CC(C)C[C@H](NC(=O)c1cc2c(O)cccc2[nH]1)C(=O)N[C@H]1CC2CC(NC2=O)c2c(F)cc(F)c(F)c2OCC1=O. The second kappa shape index (κ2) is 11.4. The Hall–Kier alpha value is -4.55. The van der Waals surface area contributed by atoms with Crippen LogP contribution in [0.1, 0.15) is 55.2 Å². The quantitative estimate of drug-likeness (QED) is 0.280. The lowest BCUT2D eigenvalue weighted by Gasteiger charge is -2.26. The Balaban J connectivity index is 1.37. The predicted octanol–water partition coefficient (Wildman–Crippen LogP) is 3.15. The summed E-state index contributed by atoms with van der Waals surface area (Å²) < 4.78 is 48.5. The zero-order chi connectivity index (χ0) is 30.3. The standard InChI is InChI=1S/C29H29F3N4O6/c1-12(2)6-20(36-29(41)21-9-14-17(33-21)4-3-5-22(14)37)28(40)34-18-7-13-8-19(35-27(13)39)24-15(30)10-16(31)25(32)26(24)42-11-23(18)38/h3-5,9-10,12-13,18-20,33,37H,6-8,11H2,1-2H3,(H,34,40)(H,35,39)(H,36,41)/t13?,18-,19?,20-/m0/s1. The summed E-state index contributed by atoms with van der Waals surface area (Å²) in [6.45, 7) is 2.84. The number of aromatic nitrogens is 1. The highest BCUT2D eigenvalue weighted by Gasteiger charge is 2.41. The summed E-state index contributed by atoms with van der Waals surface area (Å²) in [4.78, 5) is 55.3. The first-order valence-electron chi connectivity index (χ1n) is 13.5. The summed E-state index contributed by atoms with van der Waals surface area (Å²) in [6.07, 6.45) is 0.000348. The van der Waals surface area contributed by atoms with Crippen molar-refractivity contribution >= 4 is 34.4 Å². The summed E-state index contributed by atoms with van der Waals surface area (Å²) in [7, 11) is 0. The van der Waals surface area contributed by atoms with Crippen LogP contribution in [-0.2, 0) is 14.4 Å². The third kappa shape index (κ3) is 5.63. The van der Waals surface area contributed by atoms with Gasteiger partial charge in [-0.15, -0.1) is 0 Å². The van der Waals surface area contributed by atoms with E-state index in [1.807, 2.05) is 13.8 Å². The number of ether oxygens (including phenoxy) is 1. The molecule has 2 bridgehead atoms. The van der Waals surface area contributed by atoms with Crippen molar-refractivity contribution < 1.29 is 42.2 Å². The molecule has 1 saturated heterocycles. The van der Waals surface area contributed by atoms with Crippen LogP contribution in [0.15, 0.2) is 30.3 Å². The third-order valence-corrected chi connectivity index (χ3v) is 7.52. The van der Waals surface area contributed by atoms with E-state index < -0.39 is 77.4 Å². The normalized spacial score (nSPS) is 21.0. The molecule has 2 aromatic carbocycles. The summed E-state index contributed by atoms with van der Waals surface area (Å²) >= 11 is 0. The number of aromatic hydroxyl groups is 1. The Labute approximate surface area is 238 Å². The number of fused-ring (bicyclic) bond motifs is 5. The summed E-state index contributed by atoms with van der Waals surface area (Å²) in [6, 6.07) is 3.17. The average molecular weight is 587 g/mol. The van der Waals surface area contributed by atoms with Crippen molar-refractivity contribution in [2.24, 2.45) is 11.8 Å². The van der Waals surface area contributed by atoms with Gasteiger partial charge in [0.15, 0.2) is 17.3 Å². The number of Topliss-reactive ketones (excluding diaryl/α,β-unsaturated/α-hetero) is 1. The molecule has 0 saturated carbocycles. The van der Waals surface area contributed by atoms with Gasteiger partial charge in [-0.3, -0.25) is 19.2 Å². The van der Waals surface area contributed by atoms with E-state index in [4.69, 9.17) is 4.74 Å². The Morgan fingerprint density at radius 2 is 1.88 bits per heavy atom. The van der Waals surface area contributed by atoms with E-state index in [-0.39, 0.29) is 42.2 Å². The van der Waals surface area contributed by atoms with Gasteiger partial charge in [0.05, 0.1) is 17.6 Å². The van der Waals surface area contributed by atoms with Crippen molar-refractivity contribution in [3.8, 4) is 11.5 Å². The monoisotopic (exact) mass is 586 g/mol. The van der Waals surface area contributed by atoms with Crippen LogP contribution in [-0.4, -0.2) is 52.3 Å². The summed E-state index contributed by atoms with van der Waals surface area (Å²) in [5, 5.41) is 18.3. The van der Waals surface area contributed by atoms with E-state index >= 15 is 0 Å². The van der Waals surface area contributed by atoms with E-state index in [2.05, 4.69) is 20.9 Å². The van der Waals surface area contributed by atoms with Crippen LogP contribution < -0.4 is 20.7 Å². The number of rotatable bonds is 6. The molecule has 5 rings (SSSR count). The Morgan fingerprint density at radius 3 is 2.60 bits per heavy atom. The minimum atomic E-state index is -1.51. The van der Waals surface area contributed by atoms with E-state index in [0.29, 0.717) is 17.0 Å². The molecule has 0 spiro atoms. The first kappa shape index (κ1) is 29.0. The zero-order valence-corrected chi connectivity index (χ0v) is 22.7. The molecule has 1 fully saturated rings. The number of carbonyl (C=O) groups is 4. The smallest absolute Gasteiger partial charge is 0.268 e. The molecule has 3 aromatic rings. The molecule has 5 N–H and O–H groups in total. The summed E-state index contributed by atoms with van der Waals surface area (Å²) in [5.74, 6) is -8.49. The van der Waals surface area contributed by atoms with Crippen molar-refractivity contribution in [3.63, 3.8) is 0 Å². The fraction of sp³-hybridized carbons (Fsp3) is 0.379. The second-order valence-corrected chi connectivity index (χ2v) is 11.0. The molecule has 3 amide bonds. The molecule has 42 heavy (non-hydrogen) atoms. The number of amides is 3. The first-order valence-corrected chi connectivity index (χ1v) is 13.5. The van der Waals surface area contributed by atoms with Crippen LogP contribution in [0.5, 0.6) is 11.5 Å². The fourth-order valence-corrected chi connectivity index (χ4v) is 5.46. The van der Waals surface area contributed by atoms with Gasteiger partial charge in [0.2, 0.25) is 17.6 Å².